The van der Waals surface area contributed by atoms with Gasteiger partial charge in [0.25, 0.3) is 5.91 Å². The van der Waals surface area contributed by atoms with Gasteiger partial charge in [0, 0.05) is 4.47 Å². The lowest BCUT2D eigenvalue weighted by molar-refractivity contribution is -0.125. The van der Waals surface area contributed by atoms with Crippen LogP contribution >= 0.6 is 15.9 Å². The number of carbonyl (C=O) groups is 1. The van der Waals surface area contributed by atoms with Crippen LogP contribution in [0.25, 0.3) is 0 Å². The summed E-state index contributed by atoms with van der Waals surface area (Å²) in [4.78, 5) is 17.4. The molecule has 3 fully saturated rings. The summed E-state index contributed by atoms with van der Waals surface area (Å²) >= 11 is 3.54. The number of amides is 1. The van der Waals surface area contributed by atoms with Crippen molar-refractivity contribution in [3.8, 4) is 0 Å². The van der Waals surface area contributed by atoms with Crippen LogP contribution in [0.5, 0.6) is 0 Å². The molecule has 2 N–H and O–H groups in total. The first-order valence-corrected chi connectivity index (χ1v) is 11.6. The Kier molecular flexibility index (Phi) is 5.59. The molecule has 2 aromatic rings. The molecule has 2 aliphatic carbocycles. The third-order valence-corrected chi connectivity index (χ3v) is 7.56. The summed E-state index contributed by atoms with van der Waals surface area (Å²) in [5, 5.41) is 16.4. The first-order valence-electron chi connectivity index (χ1n) is 10.8. The number of nitrogens with zero attached hydrogens (tertiary/aromatic N) is 4. The molecule has 160 valence electrons. The third-order valence-electron chi connectivity index (χ3n) is 7.07. The fourth-order valence-electron chi connectivity index (χ4n) is 5.19. The molecule has 1 atom stereocenters. The zero-order chi connectivity index (χ0) is 20.6. The Morgan fingerprint density at radius 2 is 2.03 bits per heavy atom. The van der Waals surface area contributed by atoms with Crippen LogP contribution in [0.15, 0.2) is 28.7 Å². The molecule has 0 radical (unpaired) electrons. The summed E-state index contributed by atoms with van der Waals surface area (Å²) in [5.74, 6) is 2.34. The maximum atomic E-state index is 12.2. The van der Waals surface area contributed by atoms with Crippen LogP contribution in [0, 0.1) is 11.8 Å². The Balaban J connectivity index is 1.42. The predicted molar refractivity (Wildman–Crippen MR) is 113 cm³/mol. The Labute approximate surface area is 184 Å². The summed E-state index contributed by atoms with van der Waals surface area (Å²) in [5.41, 5.74) is 3.16. The number of carbonyl (C=O) groups excluding carboxylic acids is 1. The van der Waals surface area contributed by atoms with Crippen molar-refractivity contribution in [3.05, 3.63) is 40.1 Å². The highest BCUT2D eigenvalue weighted by Crippen LogP contribution is 2.46. The first-order chi connectivity index (χ1) is 14.6. The van der Waals surface area contributed by atoms with Gasteiger partial charge >= 0.3 is 0 Å². The van der Waals surface area contributed by atoms with Gasteiger partial charge in [-0.3, -0.25) is 14.9 Å². The normalized spacial score (nSPS) is 29.6. The number of hydrogen-bond acceptors (Lipinski definition) is 6. The number of aromatic nitrogens is 4. The summed E-state index contributed by atoms with van der Waals surface area (Å²) < 4.78 is 2.91. The highest BCUT2D eigenvalue weighted by Gasteiger charge is 2.46. The van der Waals surface area contributed by atoms with Crippen LogP contribution in [0.3, 0.4) is 0 Å². The Bertz CT molecular complexity index is 906. The second kappa shape index (κ2) is 8.36. The van der Waals surface area contributed by atoms with Gasteiger partial charge in [-0.15, -0.1) is 5.10 Å². The lowest BCUT2D eigenvalue weighted by atomic mass is 9.66. The number of tetrazole rings is 1. The van der Waals surface area contributed by atoms with Crippen molar-refractivity contribution in [3.63, 3.8) is 0 Å². The maximum Gasteiger partial charge on any atom is 0.263 e. The minimum absolute atomic E-state index is 0.124. The average molecular weight is 475 g/mol. The van der Waals surface area contributed by atoms with Crippen molar-refractivity contribution < 1.29 is 9.63 Å². The van der Waals surface area contributed by atoms with Crippen LogP contribution in [-0.2, 0) is 21.7 Å². The van der Waals surface area contributed by atoms with Gasteiger partial charge in [-0.1, -0.05) is 47.3 Å². The molecule has 0 bridgehead atoms. The maximum absolute atomic E-state index is 12.2. The second-order valence-electron chi connectivity index (χ2n) is 8.87. The zero-order valence-electron chi connectivity index (χ0n) is 16.9. The molecule has 5 rings (SSSR count). The van der Waals surface area contributed by atoms with E-state index in [2.05, 4.69) is 54.4 Å². The molecule has 0 unspecified atom stereocenters. The van der Waals surface area contributed by atoms with Crippen molar-refractivity contribution in [2.75, 3.05) is 6.61 Å². The van der Waals surface area contributed by atoms with Gasteiger partial charge in [0.2, 0.25) is 0 Å². The third kappa shape index (κ3) is 3.90. The number of rotatable bonds is 6. The highest BCUT2D eigenvalue weighted by molar-refractivity contribution is 9.10. The van der Waals surface area contributed by atoms with Gasteiger partial charge < -0.3 is 0 Å². The lowest BCUT2D eigenvalue weighted by Crippen LogP contribution is -2.55. The first kappa shape index (κ1) is 20.1. The number of benzene rings is 1. The monoisotopic (exact) mass is 474 g/mol. The van der Waals surface area contributed by atoms with Crippen molar-refractivity contribution in [1.29, 1.82) is 0 Å². The van der Waals surface area contributed by atoms with E-state index in [0.717, 1.165) is 53.4 Å². The molecule has 2 heterocycles. The average Bonchev–Trinajstić information content (AvgIpc) is 3.32. The van der Waals surface area contributed by atoms with Gasteiger partial charge in [-0.25, -0.2) is 10.2 Å². The lowest BCUT2D eigenvalue weighted by Gasteiger charge is -2.44. The van der Waals surface area contributed by atoms with E-state index in [1.807, 2.05) is 16.8 Å². The van der Waals surface area contributed by atoms with Crippen LogP contribution in [0.2, 0.25) is 0 Å². The number of halogens is 1. The quantitative estimate of drug-likeness (QED) is 0.668. The Hall–Kier alpha value is -1.84. The summed E-state index contributed by atoms with van der Waals surface area (Å²) in [6, 6.07) is 7.79. The summed E-state index contributed by atoms with van der Waals surface area (Å²) in [6.07, 6.45) is 8.23. The van der Waals surface area contributed by atoms with Gasteiger partial charge in [-0.2, -0.15) is 0 Å². The minimum Gasteiger partial charge on any atom is -0.291 e. The van der Waals surface area contributed by atoms with Gasteiger partial charge in [0.05, 0.1) is 18.7 Å². The smallest absolute Gasteiger partial charge is 0.263 e. The fraction of sp³-hybridized carbons (Fsp3) is 0.619. The van der Waals surface area contributed by atoms with E-state index in [4.69, 9.17) is 4.84 Å². The van der Waals surface area contributed by atoms with E-state index in [0.29, 0.717) is 13.2 Å². The molecule has 1 aromatic carbocycles. The van der Waals surface area contributed by atoms with Crippen LogP contribution < -0.4 is 10.8 Å². The highest BCUT2D eigenvalue weighted by atomic mass is 79.9. The van der Waals surface area contributed by atoms with Crippen molar-refractivity contribution in [2.45, 2.75) is 63.1 Å². The van der Waals surface area contributed by atoms with Crippen LogP contribution in [0.1, 0.15) is 56.3 Å². The van der Waals surface area contributed by atoms with E-state index in [9.17, 15) is 4.79 Å². The molecular weight excluding hydrogens is 448 g/mol. The van der Waals surface area contributed by atoms with Gasteiger partial charge in [0.15, 0.2) is 5.82 Å². The van der Waals surface area contributed by atoms with Crippen LogP contribution in [0.4, 0.5) is 0 Å². The summed E-state index contributed by atoms with van der Waals surface area (Å²) in [6.45, 7) is 0.907. The summed E-state index contributed by atoms with van der Waals surface area (Å²) in [7, 11) is 0. The molecule has 1 aromatic heterocycles. The van der Waals surface area contributed by atoms with E-state index in [-0.39, 0.29) is 11.9 Å². The minimum atomic E-state index is -0.425. The van der Waals surface area contributed by atoms with Crippen molar-refractivity contribution >= 4 is 21.8 Å². The molecule has 0 spiro atoms. The molecule has 8 nitrogen and oxygen atoms in total. The number of hydroxylamine groups is 1. The number of hydrogen-bond donors (Lipinski definition) is 2. The topological polar surface area (TPSA) is 94.0 Å². The van der Waals surface area contributed by atoms with E-state index in [1.165, 1.54) is 19.3 Å². The largest absolute Gasteiger partial charge is 0.291 e. The van der Waals surface area contributed by atoms with Crippen LogP contribution in [-0.4, -0.2) is 38.8 Å². The molecule has 9 heteroatoms. The second-order valence-corrected chi connectivity index (χ2v) is 9.79. The number of nitrogens with one attached hydrogen (secondary N) is 2. The molecule has 1 aliphatic heterocycles. The van der Waals surface area contributed by atoms with Gasteiger partial charge in [0.1, 0.15) is 6.04 Å². The van der Waals surface area contributed by atoms with Crippen molar-refractivity contribution in [2.24, 2.45) is 11.8 Å². The van der Waals surface area contributed by atoms with E-state index < -0.39 is 5.54 Å². The zero-order valence-corrected chi connectivity index (χ0v) is 18.5. The molecule has 1 saturated heterocycles. The molecule has 3 aliphatic rings. The SMILES string of the molecule is O=C1NOC[C@@H]1NC1(c2nnnn2Cc2cccc(Br)c2)CCC(C2CCC2)CC1. The molecule has 30 heavy (non-hydrogen) atoms. The Morgan fingerprint density at radius 3 is 2.70 bits per heavy atom. The van der Waals surface area contributed by atoms with Gasteiger partial charge in [-0.05, 0) is 65.6 Å². The van der Waals surface area contributed by atoms with Crippen molar-refractivity contribution in [1.82, 2.24) is 31.0 Å². The molecule has 2 saturated carbocycles. The molecule has 1 amide bonds. The van der Waals surface area contributed by atoms with E-state index >= 15 is 0 Å². The molecular formula is C21H27BrN6O2. The standard InChI is InChI=1S/C21H27BrN6O2/c22-17-6-1-3-14(11-17)12-28-20(24-26-27-28)21(23-18-13-30-25-19(18)29)9-7-16(8-10-21)15-4-2-5-15/h1,3,6,11,15-16,18,23H,2,4-5,7-10,12-13H2,(H,25,29)/t16?,18-,21?/m0/s1. The van der Waals surface area contributed by atoms with E-state index in [1.54, 1.807) is 0 Å². The fourth-order valence-corrected chi connectivity index (χ4v) is 5.64. The Morgan fingerprint density at radius 1 is 1.23 bits per heavy atom. The predicted octanol–water partition coefficient (Wildman–Crippen LogP) is 2.69.